The van der Waals surface area contributed by atoms with Gasteiger partial charge in [-0.25, -0.2) is 0 Å². The average molecular weight is 249 g/mol. The second-order valence-electron chi connectivity index (χ2n) is 4.07. The second kappa shape index (κ2) is 4.71. The Bertz CT molecular complexity index is 444. The number of piperazine rings is 1. The van der Waals surface area contributed by atoms with E-state index in [2.05, 4.69) is 10.2 Å². The summed E-state index contributed by atoms with van der Waals surface area (Å²) in [7, 11) is 0. The number of nitrogens with one attached hydrogen (secondary N) is 1. The second-order valence-corrected chi connectivity index (χ2v) is 4.51. The Labute approximate surface area is 106 Å². The van der Waals surface area contributed by atoms with Crippen LogP contribution < -0.4 is 16.0 Å². The van der Waals surface area contributed by atoms with Crippen molar-refractivity contribution < 1.29 is 4.79 Å². The standard InChI is InChI=1S/C12H15N3OS/c1-8-12(16)14-6-7-15(8)10-4-2-9(3-5-10)11(13)17/h2-5,8H,6-7H2,1H3,(H2,13,17)(H,14,16). The lowest BCUT2D eigenvalue weighted by Gasteiger charge is -2.34. The molecule has 1 saturated heterocycles. The molecule has 90 valence electrons. The van der Waals surface area contributed by atoms with Crippen LogP contribution in [0, 0.1) is 0 Å². The van der Waals surface area contributed by atoms with Crippen molar-refractivity contribution in [2.75, 3.05) is 18.0 Å². The molecule has 0 saturated carbocycles. The van der Waals surface area contributed by atoms with Crippen molar-refractivity contribution in [3.05, 3.63) is 29.8 Å². The number of hydrogen-bond donors (Lipinski definition) is 2. The number of carbonyl (C=O) groups excluding carboxylic acids is 1. The van der Waals surface area contributed by atoms with Crippen molar-refractivity contribution in [3.63, 3.8) is 0 Å². The van der Waals surface area contributed by atoms with Gasteiger partial charge < -0.3 is 16.0 Å². The predicted octanol–water partition coefficient (Wildman–Crippen LogP) is 0.645. The minimum Gasteiger partial charge on any atom is -0.389 e. The highest BCUT2D eigenvalue weighted by Crippen LogP contribution is 2.19. The van der Waals surface area contributed by atoms with E-state index in [4.69, 9.17) is 18.0 Å². The third kappa shape index (κ3) is 2.39. The summed E-state index contributed by atoms with van der Waals surface area (Å²) in [4.78, 5) is 14.0. The molecule has 1 fully saturated rings. The van der Waals surface area contributed by atoms with Crippen LogP contribution in [0.3, 0.4) is 0 Å². The largest absolute Gasteiger partial charge is 0.389 e. The van der Waals surface area contributed by atoms with Gasteiger partial charge in [-0.1, -0.05) is 12.2 Å². The Kier molecular flexibility index (Phi) is 3.28. The first kappa shape index (κ1) is 11.9. The van der Waals surface area contributed by atoms with Crippen LogP contribution in [0.15, 0.2) is 24.3 Å². The third-order valence-electron chi connectivity index (χ3n) is 2.98. The van der Waals surface area contributed by atoms with Gasteiger partial charge >= 0.3 is 0 Å². The number of nitrogens with two attached hydrogens (primary N) is 1. The summed E-state index contributed by atoms with van der Waals surface area (Å²) in [5.41, 5.74) is 7.41. The molecule has 1 aromatic rings. The molecule has 1 heterocycles. The molecule has 0 bridgehead atoms. The molecule has 1 amide bonds. The van der Waals surface area contributed by atoms with Crippen molar-refractivity contribution in [2.45, 2.75) is 13.0 Å². The zero-order valence-electron chi connectivity index (χ0n) is 9.64. The zero-order valence-corrected chi connectivity index (χ0v) is 10.5. The maximum Gasteiger partial charge on any atom is 0.242 e. The third-order valence-corrected chi connectivity index (χ3v) is 3.22. The van der Waals surface area contributed by atoms with Crippen LogP contribution in [0.2, 0.25) is 0 Å². The van der Waals surface area contributed by atoms with E-state index < -0.39 is 0 Å². The number of carbonyl (C=O) groups is 1. The molecule has 2 rings (SSSR count). The highest BCUT2D eigenvalue weighted by Gasteiger charge is 2.25. The summed E-state index contributed by atoms with van der Waals surface area (Å²) in [6.07, 6.45) is 0. The van der Waals surface area contributed by atoms with Crippen molar-refractivity contribution in [1.82, 2.24) is 5.32 Å². The summed E-state index contributed by atoms with van der Waals surface area (Å²) in [6, 6.07) is 7.53. The highest BCUT2D eigenvalue weighted by atomic mass is 32.1. The minimum absolute atomic E-state index is 0.0645. The monoisotopic (exact) mass is 249 g/mol. The lowest BCUT2D eigenvalue weighted by Crippen LogP contribution is -2.54. The first-order valence-corrected chi connectivity index (χ1v) is 5.94. The number of rotatable bonds is 2. The number of benzene rings is 1. The SMILES string of the molecule is CC1C(=O)NCCN1c1ccc(C(N)=S)cc1. The smallest absolute Gasteiger partial charge is 0.242 e. The van der Waals surface area contributed by atoms with Crippen molar-refractivity contribution in [3.8, 4) is 0 Å². The van der Waals surface area contributed by atoms with Gasteiger partial charge in [0.15, 0.2) is 0 Å². The molecule has 1 atom stereocenters. The molecule has 5 heteroatoms. The first-order valence-electron chi connectivity index (χ1n) is 5.54. The number of amides is 1. The molecule has 0 aromatic heterocycles. The molecule has 0 radical (unpaired) electrons. The van der Waals surface area contributed by atoms with E-state index in [0.717, 1.165) is 17.8 Å². The van der Waals surface area contributed by atoms with E-state index >= 15 is 0 Å². The maximum atomic E-state index is 11.6. The zero-order chi connectivity index (χ0) is 12.4. The molecule has 1 aliphatic heterocycles. The fourth-order valence-electron chi connectivity index (χ4n) is 1.95. The van der Waals surface area contributed by atoms with Crippen molar-refractivity contribution >= 4 is 28.8 Å². The molecular weight excluding hydrogens is 234 g/mol. The van der Waals surface area contributed by atoms with Crippen LogP contribution in [0.5, 0.6) is 0 Å². The number of anilines is 1. The lowest BCUT2D eigenvalue weighted by molar-refractivity contribution is -0.122. The Morgan fingerprint density at radius 1 is 1.47 bits per heavy atom. The fourth-order valence-corrected chi connectivity index (χ4v) is 2.09. The predicted molar refractivity (Wildman–Crippen MR) is 72.1 cm³/mol. The summed E-state index contributed by atoms with van der Waals surface area (Å²) in [5, 5.41) is 2.84. The van der Waals surface area contributed by atoms with E-state index in [0.29, 0.717) is 11.5 Å². The van der Waals surface area contributed by atoms with Gasteiger partial charge in [0.1, 0.15) is 11.0 Å². The minimum atomic E-state index is -0.139. The maximum absolute atomic E-state index is 11.6. The van der Waals surface area contributed by atoms with E-state index in [1.165, 1.54) is 0 Å². The van der Waals surface area contributed by atoms with E-state index in [1.54, 1.807) is 0 Å². The Hall–Kier alpha value is -1.62. The Morgan fingerprint density at radius 2 is 2.12 bits per heavy atom. The number of nitrogens with zero attached hydrogens (tertiary/aromatic N) is 1. The molecule has 0 spiro atoms. The van der Waals surface area contributed by atoms with Crippen molar-refractivity contribution in [1.29, 1.82) is 0 Å². The first-order chi connectivity index (χ1) is 8.09. The van der Waals surface area contributed by atoms with Gasteiger partial charge in [0, 0.05) is 24.3 Å². The summed E-state index contributed by atoms with van der Waals surface area (Å²) in [5.74, 6) is 0.0645. The van der Waals surface area contributed by atoms with Crippen LogP contribution >= 0.6 is 12.2 Å². The van der Waals surface area contributed by atoms with Gasteiger partial charge in [0.2, 0.25) is 5.91 Å². The molecule has 1 aliphatic rings. The van der Waals surface area contributed by atoms with Gasteiger partial charge in [-0.2, -0.15) is 0 Å². The summed E-state index contributed by atoms with van der Waals surface area (Å²) < 4.78 is 0. The van der Waals surface area contributed by atoms with E-state index in [9.17, 15) is 4.79 Å². The average Bonchev–Trinajstić information content (AvgIpc) is 2.33. The van der Waals surface area contributed by atoms with E-state index in [1.807, 2.05) is 31.2 Å². The summed E-state index contributed by atoms with van der Waals surface area (Å²) in [6.45, 7) is 3.40. The number of thiocarbonyl (C=S) groups is 1. The van der Waals surface area contributed by atoms with Crippen LogP contribution in [0.4, 0.5) is 5.69 Å². The molecule has 0 aliphatic carbocycles. The van der Waals surface area contributed by atoms with Gasteiger partial charge in [-0.15, -0.1) is 0 Å². The molecule has 3 N–H and O–H groups in total. The number of hydrogen-bond acceptors (Lipinski definition) is 3. The van der Waals surface area contributed by atoms with Crippen LogP contribution in [0.25, 0.3) is 0 Å². The lowest BCUT2D eigenvalue weighted by atomic mass is 10.1. The van der Waals surface area contributed by atoms with E-state index in [-0.39, 0.29) is 11.9 Å². The summed E-state index contributed by atoms with van der Waals surface area (Å²) >= 11 is 4.90. The quantitative estimate of drug-likeness (QED) is 0.755. The normalized spacial score (nSPS) is 19.9. The fraction of sp³-hybridized carbons (Fsp3) is 0.333. The van der Waals surface area contributed by atoms with Crippen LogP contribution in [-0.4, -0.2) is 30.0 Å². The van der Waals surface area contributed by atoms with Crippen molar-refractivity contribution in [2.24, 2.45) is 5.73 Å². The highest BCUT2D eigenvalue weighted by molar-refractivity contribution is 7.80. The van der Waals surface area contributed by atoms with Gasteiger partial charge in [-0.3, -0.25) is 4.79 Å². The molecule has 1 aromatic carbocycles. The van der Waals surface area contributed by atoms with Gasteiger partial charge in [-0.05, 0) is 31.2 Å². The molecule has 1 unspecified atom stereocenters. The van der Waals surface area contributed by atoms with Gasteiger partial charge in [0.05, 0.1) is 0 Å². The molecular formula is C12H15N3OS. The molecule has 17 heavy (non-hydrogen) atoms. The topological polar surface area (TPSA) is 58.4 Å². The Morgan fingerprint density at radius 3 is 2.71 bits per heavy atom. The van der Waals surface area contributed by atoms with Crippen LogP contribution in [-0.2, 0) is 4.79 Å². The Balaban J connectivity index is 2.22. The van der Waals surface area contributed by atoms with Crippen LogP contribution in [0.1, 0.15) is 12.5 Å². The molecule has 4 nitrogen and oxygen atoms in total. The van der Waals surface area contributed by atoms with Gasteiger partial charge in [0.25, 0.3) is 0 Å².